The third-order valence-electron chi connectivity index (χ3n) is 6.65. The number of ether oxygens (including phenoxy) is 5. The molecular weight excluding hydrogens is 432 g/mol. The molecule has 3 heterocycles. The molecule has 5 atom stereocenters. The van der Waals surface area contributed by atoms with Gasteiger partial charge in [-0.3, -0.25) is 4.79 Å². The lowest BCUT2D eigenvalue weighted by Gasteiger charge is -2.48. The molecule has 6 heteroatoms. The van der Waals surface area contributed by atoms with Gasteiger partial charge in [0.05, 0.1) is 44.7 Å². The monoisotopic (exact) mass is 468 g/mol. The van der Waals surface area contributed by atoms with Crippen LogP contribution in [0.25, 0.3) is 0 Å². The Bertz CT molecular complexity index is 878. The molecule has 2 aromatic carbocycles. The Morgan fingerprint density at radius 1 is 0.941 bits per heavy atom. The summed E-state index contributed by atoms with van der Waals surface area (Å²) in [5.41, 5.74) is 2.23. The molecule has 3 saturated heterocycles. The van der Waals surface area contributed by atoms with E-state index in [-0.39, 0.29) is 30.2 Å². The van der Waals surface area contributed by atoms with Crippen LogP contribution in [0.1, 0.15) is 50.2 Å². The van der Waals surface area contributed by atoms with Crippen LogP contribution in [0.4, 0.5) is 0 Å². The van der Waals surface area contributed by atoms with E-state index in [9.17, 15) is 4.79 Å². The summed E-state index contributed by atoms with van der Waals surface area (Å²) in [6.45, 7) is 3.62. The maximum absolute atomic E-state index is 12.7. The molecule has 0 radical (unpaired) electrons. The van der Waals surface area contributed by atoms with E-state index >= 15 is 0 Å². The van der Waals surface area contributed by atoms with E-state index in [0.29, 0.717) is 32.7 Å². The van der Waals surface area contributed by atoms with Crippen LogP contribution in [-0.4, -0.2) is 50.0 Å². The van der Waals surface area contributed by atoms with Crippen molar-refractivity contribution in [2.75, 3.05) is 13.7 Å². The first-order chi connectivity index (χ1) is 16.7. The van der Waals surface area contributed by atoms with E-state index in [1.54, 1.807) is 7.11 Å². The van der Waals surface area contributed by atoms with Crippen molar-refractivity contribution in [2.45, 2.75) is 82.8 Å². The molecule has 34 heavy (non-hydrogen) atoms. The summed E-state index contributed by atoms with van der Waals surface area (Å²) in [4.78, 5) is 12.7. The highest BCUT2D eigenvalue weighted by Crippen LogP contribution is 2.36. The highest BCUT2D eigenvalue weighted by molar-refractivity contribution is 5.82. The van der Waals surface area contributed by atoms with Crippen LogP contribution in [0.3, 0.4) is 0 Å². The van der Waals surface area contributed by atoms with Gasteiger partial charge < -0.3 is 23.7 Å². The Balaban J connectivity index is 1.27. The average molecular weight is 469 g/mol. The van der Waals surface area contributed by atoms with Crippen molar-refractivity contribution in [3.63, 3.8) is 0 Å². The fraction of sp³-hybridized carbons (Fsp3) is 0.536. The number of ketones is 1. The summed E-state index contributed by atoms with van der Waals surface area (Å²) in [6.07, 6.45) is 2.90. The van der Waals surface area contributed by atoms with Gasteiger partial charge in [0.1, 0.15) is 11.9 Å². The summed E-state index contributed by atoms with van der Waals surface area (Å²) in [5.74, 6) is 0.947. The first-order valence-corrected chi connectivity index (χ1v) is 12.4. The molecule has 0 aromatic heterocycles. The second-order valence-corrected chi connectivity index (χ2v) is 9.05. The molecule has 5 rings (SSSR count). The zero-order chi connectivity index (χ0) is 23.8. The summed E-state index contributed by atoms with van der Waals surface area (Å²) in [6, 6.07) is 18.0. The molecular formula is C28H36O6. The zero-order valence-corrected chi connectivity index (χ0v) is 20.2. The molecule has 0 aliphatic carbocycles. The van der Waals surface area contributed by atoms with Crippen molar-refractivity contribution >= 4 is 5.78 Å². The van der Waals surface area contributed by atoms with E-state index in [2.05, 4.69) is 12.1 Å². The normalized spacial score (nSPS) is 26.2. The van der Waals surface area contributed by atoms with Gasteiger partial charge >= 0.3 is 0 Å². The number of benzene rings is 2. The Morgan fingerprint density at radius 3 is 2.38 bits per heavy atom. The standard InChI is InChI=1S/C28H36O6/c1-3-23(29)25-16-26(32-19-21-11-13-22(30-2)14-12-21)28-17-27(34-28)24(33-25)10-7-15-31-18-20-8-5-4-6-9-20/h4-6,8-9,11-14,24-28H,3,7,10,15-19H2,1-2H3/t24-,25-,26-,27-,28+/m0/s1. The minimum absolute atomic E-state index is 0.0103. The first-order valence-electron chi connectivity index (χ1n) is 12.4. The zero-order valence-electron chi connectivity index (χ0n) is 20.2. The number of carbonyl (C=O) groups excluding carboxylic acids is 1. The third-order valence-corrected chi connectivity index (χ3v) is 6.65. The van der Waals surface area contributed by atoms with Crippen LogP contribution in [0.15, 0.2) is 54.6 Å². The number of fused-ring (bicyclic) bond motifs is 4. The van der Waals surface area contributed by atoms with Gasteiger partial charge in [-0.05, 0) is 36.1 Å². The quantitative estimate of drug-likeness (QED) is 0.414. The van der Waals surface area contributed by atoms with Crippen LogP contribution < -0.4 is 4.74 Å². The minimum Gasteiger partial charge on any atom is -0.497 e. The molecule has 0 unspecified atom stereocenters. The lowest BCUT2D eigenvalue weighted by molar-refractivity contribution is -0.257. The van der Waals surface area contributed by atoms with Crippen LogP contribution in [0.5, 0.6) is 5.75 Å². The van der Waals surface area contributed by atoms with Gasteiger partial charge in [-0.1, -0.05) is 49.4 Å². The molecule has 2 aromatic rings. The van der Waals surface area contributed by atoms with Crippen LogP contribution in [0.2, 0.25) is 0 Å². The summed E-state index contributed by atoms with van der Waals surface area (Å²) in [7, 11) is 1.65. The number of methoxy groups -OCH3 is 1. The van der Waals surface area contributed by atoms with Crippen molar-refractivity contribution in [3.8, 4) is 5.75 Å². The highest BCUT2D eigenvalue weighted by atomic mass is 16.6. The van der Waals surface area contributed by atoms with E-state index in [4.69, 9.17) is 23.7 Å². The second-order valence-electron chi connectivity index (χ2n) is 9.05. The molecule has 0 N–H and O–H groups in total. The number of rotatable bonds is 12. The fourth-order valence-corrected chi connectivity index (χ4v) is 4.58. The topological polar surface area (TPSA) is 63.2 Å². The molecule has 6 nitrogen and oxygen atoms in total. The molecule has 2 bridgehead atoms. The number of hydrogen-bond donors (Lipinski definition) is 0. The van der Waals surface area contributed by atoms with Gasteiger partial charge in [0.25, 0.3) is 0 Å². The number of carbonyl (C=O) groups is 1. The van der Waals surface area contributed by atoms with Crippen LogP contribution in [0, 0.1) is 0 Å². The molecule has 0 spiro atoms. The van der Waals surface area contributed by atoms with E-state index in [1.165, 1.54) is 5.56 Å². The van der Waals surface area contributed by atoms with Crippen molar-refractivity contribution in [1.82, 2.24) is 0 Å². The van der Waals surface area contributed by atoms with Crippen molar-refractivity contribution in [1.29, 1.82) is 0 Å². The van der Waals surface area contributed by atoms with E-state index in [0.717, 1.165) is 30.6 Å². The lowest BCUT2D eigenvalue weighted by Crippen LogP contribution is -2.57. The minimum atomic E-state index is -0.449. The first kappa shape index (κ1) is 24.9. The average Bonchev–Trinajstić information content (AvgIpc) is 2.83. The van der Waals surface area contributed by atoms with Crippen molar-refractivity contribution in [3.05, 3.63) is 65.7 Å². The Kier molecular flexibility index (Phi) is 9.11. The fourth-order valence-electron chi connectivity index (χ4n) is 4.58. The van der Waals surface area contributed by atoms with Crippen molar-refractivity contribution < 1.29 is 28.5 Å². The van der Waals surface area contributed by atoms with Crippen molar-refractivity contribution in [2.24, 2.45) is 0 Å². The largest absolute Gasteiger partial charge is 0.497 e. The summed E-state index contributed by atoms with van der Waals surface area (Å²) in [5, 5.41) is 0. The second kappa shape index (κ2) is 12.5. The molecule has 3 aliphatic heterocycles. The van der Waals surface area contributed by atoms with Crippen LogP contribution in [-0.2, 0) is 37.0 Å². The highest BCUT2D eigenvalue weighted by Gasteiger charge is 2.46. The smallest absolute Gasteiger partial charge is 0.161 e. The molecule has 3 fully saturated rings. The van der Waals surface area contributed by atoms with Crippen LogP contribution >= 0.6 is 0 Å². The van der Waals surface area contributed by atoms with Gasteiger partial charge in [-0.15, -0.1) is 0 Å². The van der Waals surface area contributed by atoms with Gasteiger partial charge in [0, 0.05) is 25.9 Å². The predicted octanol–water partition coefficient (Wildman–Crippen LogP) is 4.87. The summed E-state index contributed by atoms with van der Waals surface area (Å²) < 4.78 is 29.8. The molecule has 0 saturated carbocycles. The van der Waals surface area contributed by atoms with Gasteiger partial charge in [0.15, 0.2) is 5.78 Å². The van der Waals surface area contributed by atoms with E-state index in [1.807, 2.05) is 49.4 Å². The van der Waals surface area contributed by atoms with Gasteiger partial charge in [-0.2, -0.15) is 0 Å². The van der Waals surface area contributed by atoms with Gasteiger partial charge in [-0.25, -0.2) is 0 Å². The maximum atomic E-state index is 12.7. The SMILES string of the molecule is CCC(=O)[C@@H]1C[C@H](OCc2ccc(OC)cc2)[C@H]2C[C@H](O2)[C@H](CCCOCc2ccccc2)O1. The predicted molar refractivity (Wildman–Crippen MR) is 129 cm³/mol. The Morgan fingerprint density at radius 2 is 1.68 bits per heavy atom. The molecule has 0 amide bonds. The third kappa shape index (κ3) is 6.66. The van der Waals surface area contributed by atoms with Gasteiger partial charge in [0.2, 0.25) is 0 Å². The molecule has 3 aliphatic rings. The summed E-state index contributed by atoms with van der Waals surface area (Å²) >= 11 is 0. The maximum Gasteiger partial charge on any atom is 0.161 e. The lowest BCUT2D eigenvalue weighted by atomic mass is 9.88. The van der Waals surface area contributed by atoms with E-state index < -0.39 is 6.10 Å². The Hall–Kier alpha value is -2.25. The number of Topliss-reactive ketones (excluding diaryl/α,β-unsaturated/α-hetero) is 1. The Labute approximate surface area is 202 Å². The number of hydrogen-bond acceptors (Lipinski definition) is 6. The molecule has 184 valence electrons.